The van der Waals surface area contributed by atoms with Gasteiger partial charge >= 0.3 is 5.97 Å². The molecule has 3 N–H and O–H groups in total. The normalized spacial score (nSPS) is 12.6. The van der Waals surface area contributed by atoms with E-state index in [1.165, 1.54) is 289 Å². The summed E-state index contributed by atoms with van der Waals surface area (Å²) in [6, 6.07) is -0.538. The van der Waals surface area contributed by atoms with E-state index in [2.05, 4.69) is 31.3 Å². The molecule has 0 aliphatic rings. The summed E-state index contributed by atoms with van der Waals surface area (Å²) in [6.45, 7) is 4.96. The molecule has 6 nitrogen and oxygen atoms in total. The van der Waals surface area contributed by atoms with E-state index in [4.69, 9.17) is 4.74 Å². The topological polar surface area (TPSA) is 95.9 Å². The maximum absolute atomic E-state index is 12.5. The van der Waals surface area contributed by atoms with E-state index >= 15 is 0 Å². The fourth-order valence-corrected chi connectivity index (χ4v) is 10.3. The van der Waals surface area contributed by atoms with Crippen LogP contribution in [0.25, 0.3) is 0 Å². The average molecular weight is 1000 g/mol. The number of hydrogen-bond donors (Lipinski definition) is 3. The Bertz CT molecular complexity index is 1060. The fraction of sp³-hybridized carbons (Fsp3) is 0.938. The average Bonchev–Trinajstić information content (AvgIpc) is 3.37. The number of ether oxygens (including phenoxy) is 1. The van der Waals surface area contributed by atoms with Crippen molar-refractivity contribution in [2.75, 3.05) is 13.2 Å². The monoisotopic (exact) mass is 1000 g/mol. The first-order chi connectivity index (χ1) is 35.0. The summed E-state index contributed by atoms with van der Waals surface area (Å²) in [6.07, 6.45) is 73.8. The number of allylic oxidation sites excluding steroid dienone is 2. The molecule has 0 radical (unpaired) electrons. The number of unbranched alkanes of at least 4 members (excludes halogenated alkanes) is 48. The number of rotatable bonds is 61. The molecule has 0 aromatic rings. The van der Waals surface area contributed by atoms with Crippen LogP contribution in [0.2, 0.25) is 0 Å². The van der Waals surface area contributed by atoms with Gasteiger partial charge in [0.2, 0.25) is 5.91 Å². The van der Waals surface area contributed by atoms with Crippen molar-refractivity contribution >= 4 is 11.9 Å². The number of aliphatic hydroxyl groups is 2. The van der Waals surface area contributed by atoms with E-state index < -0.39 is 12.1 Å². The molecule has 0 aromatic heterocycles. The van der Waals surface area contributed by atoms with E-state index in [9.17, 15) is 19.8 Å². The van der Waals surface area contributed by atoms with Gasteiger partial charge in [0.15, 0.2) is 0 Å². The smallest absolute Gasteiger partial charge is 0.305 e. The minimum atomic E-state index is -0.661. The Hall–Kier alpha value is -1.40. The summed E-state index contributed by atoms with van der Waals surface area (Å²) < 4.78 is 5.48. The van der Waals surface area contributed by atoms with Crippen LogP contribution >= 0.6 is 0 Å². The Morgan fingerprint density at radius 2 is 0.662 bits per heavy atom. The molecule has 0 aliphatic carbocycles. The Kier molecular flexibility index (Phi) is 59.9. The van der Waals surface area contributed by atoms with Crippen molar-refractivity contribution < 1.29 is 24.5 Å². The minimum absolute atomic E-state index is 0.00941. The lowest BCUT2D eigenvalue weighted by molar-refractivity contribution is -0.143. The van der Waals surface area contributed by atoms with Crippen LogP contribution in [0.4, 0.5) is 0 Å². The molecule has 0 aliphatic heterocycles. The Balaban J connectivity index is 3.33. The zero-order valence-corrected chi connectivity index (χ0v) is 48.2. The van der Waals surface area contributed by atoms with Crippen LogP contribution in [0.1, 0.15) is 367 Å². The molecule has 2 atom stereocenters. The van der Waals surface area contributed by atoms with Crippen LogP contribution in [0.15, 0.2) is 12.2 Å². The molecule has 0 fully saturated rings. The van der Waals surface area contributed by atoms with Gasteiger partial charge in [0.1, 0.15) is 0 Å². The first kappa shape index (κ1) is 69.6. The summed E-state index contributed by atoms with van der Waals surface area (Å²) >= 11 is 0. The molecule has 0 aromatic carbocycles. The number of carbonyl (C=O) groups is 2. The van der Waals surface area contributed by atoms with Crippen molar-refractivity contribution in [3.63, 3.8) is 0 Å². The maximum Gasteiger partial charge on any atom is 0.305 e. The Labute approximate surface area is 444 Å². The van der Waals surface area contributed by atoms with E-state index in [0.29, 0.717) is 25.9 Å². The molecule has 0 saturated carbocycles. The summed E-state index contributed by atoms with van der Waals surface area (Å²) in [4.78, 5) is 24.5. The van der Waals surface area contributed by atoms with Gasteiger partial charge in [-0.15, -0.1) is 0 Å². The SMILES string of the molecule is CCCCCC/C=C\CCCCCCCC(=O)OCCCCCCCCCCCCCCCCCCCCCCCCCCCCCC(=O)NC(CO)C(O)CCCCCCCCCCCCCCCC. The lowest BCUT2D eigenvalue weighted by Gasteiger charge is -2.22. The van der Waals surface area contributed by atoms with Crippen molar-refractivity contribution in [2.45, 2.75) is 379 Å². The maximum atomic E-state index is 12.5. The summed E-state index contributed by atoms with van der Waals surface area (Å²) in [7, 11) is 0. The van der Waals surface area contributed by atoms with E-state index in [0.717, 1.165) is 44.9 Å². The second kappa shape index (κ2) is 61.1. The van der Waals surface area contributed by atoms with Crippen LogP contribution in [-0.4, -0.2) is 47.4 Å². The third-order valence-corrected chi connectivity index (χ3v) is 15.3. The van der Waals surface area contributed by atoms with Crippen molar-refractivity contribution in [3.05, 3.63) is 12.2 Å². The molecule has 0 heterocycles. The van der Waals surface area contributed by atoms with Gasteiger partial charge in [0.25, 0.3) is 0 Å². The molecule has 71 heavy (non-hydrogen) atoms. The summed E-state index contributed by atoms with van der Waals surface area (Å²) in [5.41, 5.74) is 0. The third kappa shape index (κ3) is 57.7. The van der Waals surface area contributed by atoms with Crippen molar-refractivity contribution in [3.8, 4) is 0 Å². The highest BCUT2D eigenvalue weighted by Crippen LogP contribution is 2.19. The van der Waals surface area contributed by atoms with Crippen molar-refractivity contribution in [1.29, 1.82) is 0 Å². The quantitative estimate of drug-likeness (QED) is 0.0320. The second-order valence-corrected chi connectivity index (χ2v) is 22.5. The van der Waals surface area contributed by atoms with Gasteiger partial charge in [-0.25, -0.2) is 0 Å². The molecule has 1 amide bonds. The van der Waals surface area contributed by atoms with E-state index in [-0.39, 0.29) is 18.5 Å². The number of amides is 1. The fourth-order valence-electron chi connectivity index (χ4n) is 10.3. The highest BCUT2D eigenvalue weighted by molar-refractivity contribution is 5.76. The van der Waals surface area contributed by atoms with Crippen LogP contribution in [-0.2, 0) is 14.3 Å². The number of aliphatic hydroxyl groups excluding tert-OH is 2. The summed E-state index contributed by atoms with van der Waals surface area (Å²) in [5.74, 6) is -0.0205. The molecular weight excluding hydrogens is 875 g/mol. The largest absolute Gasteiger partial charge is 0.466 e. The van der Waals surface area contributed by atoms with Gasteiger partial charge in [-0.2, -0.15) is 0 Å². The predicted octanol–water partition coefficient (Wildman–Crippen LogP) is 20.4. The summed E-state index contributed by atoms with van der Waals surface area (Å²) in [5, 5.41) is 23.3. The Morgan fingerprint density at radius 1 is 0.380 bits per heavy atom. The number of esters is 1. The van der Waals surface area contributed by atoms with Crippen molar-refractivity contribution in [1.82, 2.24) is 5.32 Å². The van der Waals surface area contributed by atoms with Gasteiger partial charge < -0.3 is 20.3 Å². The molecule has 2 unspecified atom stereocenters. The molecule has 0 spiro atoms. The first-order valence-electron chi connectivity index (χ1n) is 32.4. The number of carbonyl (C=O) groups excluding carboxylic acids is 2. The van der Waals surface area contributed by atoms with Gasteiger partial charge in [0, 0.05) is 12.8 Å². The third-order valence-electron chi connectivity index (χ3n) is 15.3. The zero-order chi connectivity index (χ0) is 51.4. The molecule has 0 rings (SSSR count). The number of nitrogens with one attached hydrogen (secondary N) is 1. The highest BCUT2D eigenvalue weighted by Gasteiger charge is 2.20. The van der Waals surface area contributed by atoms with Crippen LogP contribution in [0, 0.1) is 0 Å². The van der Waals surface area contributed by atoms with Gasteiger partial charge in [-0.3, -0.25) is 9.59 Å². The van der Waals surface area contributed by atoms with Crippen LogP contribution in [0.3, 0.4) is 0 Å². The minimum Gasteiger partial charge on any atom is -0.466 e. The van der Waals surface area contributed by atoms with Crippen LogP contribution < -0.4 is 5.32 Å². The van der Waals surface area contributed by atoms with E-state index in [1.54, 1.807) is 0 Å². The first-order valence-corrected chi connectivity index (χ1v) is 32.4. The molecule has 0 bridgehead atoms. The predicted molar refractivity (Wildman–Crippen MR) is 310 cm³/mol. The lowest BCUT2D eigenvalue weighted by Crippen LogP contribution is -2.45. The molecule has 422 valence electrons. The Morgan fingerprint density at radius 3 is 1.01 bits per heavy atom. The van der Waals surface area contributed by atoms with Crippen molar-refractivity contribution in [2.24, 2.45) is 0 Å². The van der Waals surface area contributed by atoms with E-state index in [1.807, 2.05) is 0 Å². The number of hydrogen-bond acceptors (Lipinski definition) is 5. The standard InChI is InChI=1S/C65H127NO5/c1-3-5-7-9-11-13-15-17-34-37-41-45-49-53-57-63(68)62(61-67)66-64(69)58-54-50-46-42-38-35-31-29-27-25-23-21-19-18-20-22-24-26-28-30-32-36-40-44-48-52-56-60-71-65(70)59-55-51-47-43-39-33-16-14-12-10-8-6-4-2/h14,16,62-63,67-68H,3-13,15,17-61H2,1-2H3,(H,66,69)/b16-14-. The van der Waals surface area contributed by atoms with Crippen LogP contribution in [0.5, 0.6) is 0 Å². The molecule has 0 saturated heterocycles. The highest BCUT2D eigenvalue weighted by atomic mass is 16.5. The zero-order valence-electron chi connectivity index (χ0n) is 48.2. The molecule has 6 heteroatoms. The van der Waals surface area contributed by atoms with Gasteiger partial charge in [0.05, 0.1) is 25.4 Å². The second-order valence-electron chi connectivity index (χ2n) is 22.5. The van der Waals surface area contributed by atoms with Gasteiger partial charge in [-0.1, -0.05) is 315 Å². The lowest BCUT2D eigenvalue weighted by atomic mass is 10.0. The van der Waals surface area contributed by atoms with Gasteiger partial charge in [-0.05, 0) is 51.4 Å². The molecular formula is C65H127NO5.